The summed E-state index contributed by atoms with van der Waals surface area (Å²) in [6.45, 7) is 12.5. The highest BCUT2D eigenvalue weighted by Crippen LogP contribution is 2.59. The smallest absolute Gasteiger partial charge is 0.00515 e. The van der Waals surface area contributed by atoms with Crippen LogP contribution in [0.4, 0.5) is 0 Å². The van der Waals surface area contributed by atoms with E-state index in [1.165, 1.54) is 37.7 Å². The average Bonchev–Trinajstić information content (AvgIpc) is 2.72. The van der Waals surface area contributed by atoms with Crippen LogP contribution in [0, 0.1) is 17.3 Å². The normalized spacial score (nSPS) is 29.2. The number of hydrogen-bond acceptors (Lipinski definition) is 0. The first kappa shape index (κ1) is 17.1. The maximum absolute atomic E-state index is 3.46. The maximum atomic E-state index is 3.46. The Balaban J connectivity index is 0.000000309. The van der Waals surface area contributed by atoms with Crippen LogP contribution in [0.2, 0.25) is 0 Å². The van der Waals surface area contributed by atoms with E-state index in [1.54, 1.807) is 17.2 Å². The lowest BCUT2D eigenvalue weighted by Crippen LogP contribution is -2.32. The molecule has 22 heavy (non-hydrogen) atoms. The molecule has 0 heteroatoms. The lowest BCUT2D eigenvalue weighted by Gasteiger charge is -2.42. The Morgan fingerprint density at radius 3 is 2.36 bits per heavy atom. The van der Waals surface area contributed by atoms with Crippen LogP contribution in [-0.2, 0) is 0 Å². The lowest BCUT2D eigenvalue weighted by molar-refractivity contribution is 0.173. The minimum atomic E-state index is 0.527. The lowest BCUT2D eigenvalue weighted by atomic mass is 9.62. The molecule has 3 aliphatic rings. The minimum Gasteiger partial charge on any atom is -0.0991 e. The molecule has 0 aliphatic heterocycles. The molecule has 1 saturated carbocycles. The van der Waals surface area contributed by atoms with E-state index in [-0.39, 0.29) is 0 Å². The fourth-order valence-corrected chi connectivity index (χ4v) is 4.65. The van der Waals surface area contributed by atoms with Crippen LogP contribution in [0.15, 0.2) is 59.8 Å². The van der Waals surface area contributed by atoms with Gasteiger partial charge in [0, 0.05) is 5.92 Å². The van der Waals surface area contributed by atoms with Crippen LogP contribution in [-0.4, -0.2) is 0 Å². The molecule has 0 heterocycles. The molecule has 0 aromatic carbocycles. The SMILES string of the molecule is C=C/C=C\C.CC1=CC2C(C=C1)C(C)=C(C)C21CCCCC1. The Kier molecular flexibility index (Phi) is 5.67. The molecule has 0 radical (unpaired) electrons. The first-order valence-corrected chi connectivity index (χ1v) is 8.85. The van der Waals surface area contributed by atoms with E-state index in [0.29, 0.717) is 11.3 Å². The average molecular weight is 296 g/mol. The summed E-state index contributed by atoms with van der Waals surface area (Å²) in [6, 6.07) is 0. The number of hydrogen-bond donors (Lipinski definition) is 0. The quantitative estimate of drug-likeness (QED) is 0.369. The fourth-order valence-electron chi connectivity index (χ4n) is 4.65. The molecule has 0 aromatic rings. The van der Waals surface area contributed by atoms with Crippen molar-refractivity contribution in [2.75, 3.05) is 0 Å². The van der Waals surface area contributed by atoms with Crippen LogP contribution in [0.25, 0.3) is 0 Å². The molecule has 1 fully saturated rings. The molecule has 3 aliphatic carbocycles. The molecule has 3 rings (SSSR count). The highest BCUT2D eigenvalue weighted by molar-refractivity contribution is 5.41. The molecule has 120 valence electrons. The molecule has 0 nitrogen and oxygen atoms in total. The molecular formula is C22H32. The Bertz CT molecular complexity index is 518. The van der Waals surface area contributed by atoms with E-state index in [1.807, 2.05) is 19.1 Å². The largest absolute Gasteiger partial charge is 0.0991 e. The summed E-state index contributed by atoms with van der Waals surface area (Å²) < 4.78 is 0. The van der Waals surface area contributed by atoms with E-state index in [0.717, 1.165) is 5.92 Å². The summed E-state index contributed by atoms with van der Waals surface area (Å²) in [5, 5.41) is 0. The van der Waals surface area contributed by atoms with Crippen molar-refractivity contribution in [1.82, 2.24) is 0 Å². The molecular weight excluding hydrogens is 264 g/mol. The van der Waals surface area contributed by atoms with Gasteiger partial charge < -0.3 is 0 Å². The first-order valence-electron chi connectivity index (χ1n) is 8.85. The molecule has 2 atom stereocenters. The van der Waals surface area contributed by atoms with Crippen molar-refractivity contribution >= 4 is 0 Å². The number of allylic oxidation sites excluding steroid dienone is 9. The van der Waals surface area contributed by atoms with Gasteiger partial charge in [-0.25, -0.2) is 0 Å². The molecule has 0 saturated heterocycles. The minimum absolute atomic E-state index is 0.527. The fraction of sp³-hybridized carbons (Fsp3) is 0.545. The van der Waals surface area contributed by atoms with Crippen LogP contribution in [0.1, 0.15) is 59.8 Å². The third-order valence-electron chi connectivity index (χ3n) is 5.95. The van der Waals surface area contributed by atoms with Gasteiger partial charge in [-0.05, 0) is 51.9 Å². The monoisotopic (exact) mass is 296 g/mol. The van der Waals surface area contributed by atoms with Crippen molar-refractivity contribution < 1.29 is 0 Å². The predicted octanol–water partition coefficient (Wildman–Crippen LogP) is 6.78. The second kappa shape index (κ2) is 7.31. The van der Waals surface area contributed by atoms with Gasteiger partial charge in [-0.3, -0.25) is 0 Å². The van der Waals surface area contributed by atoms with Crippen molar-refractivity contribution in [2.45, 2.75) is 59.8 Å². The summed E-state index contributed by atoms with van der Waals surface area (Å²) in [5.74, 6) is 1.48. The van der Waals surface area contributed by atoms with Gasteiger partial charge in [0.05, 0.1) is 0 Å². The summed E-state index contributed by atoms with van der Waals surface area (Å²) in [6.07, 6.45) is 20.1. The van der Waals surface area contributed by atoms with Gasteiger partial charge in [0.25, 0.3) is 0 Å². The number of rotatable bonds is 1. The summed E-state index contributed by atoms with van der Waals surface area (Å²) >= 11 is 0. The van der Waals surface area contributed by atoms with Gasteiger partial charge in [-0.2, -0.15) is 0 Å². The van der Waals surface area contributed by atoms with Gasteiger partial charge in [-0.15, -0.1) is 0 Å². The van der Waals surface area contributed by atoms with Crippen molar-refractivity contribution in [3.05, 3.63) is 59.8 Å². The van der Waals surface area contributed by atoms with E-state index < -0.39 is 0 Å². The second-order valence-electron chi connectivity index (χ2n) is 7.11. The van der Waals surface area contributed by atoms with Crippen molar-refractivity contribution in [2.24, 2.45) is 17.3 Å². The number of fused-ring (bicyclic) bond motifs is 2. The van der Waals surface area contributed by atoms with Crippen molar-refractivity contribution in [3.63, 3.8) is 0 Å². The highest BCUT2D eigenvalue weighted by atomic mass is 14.5. The predicted molar refractivity (Wildman–Crippen MR) is 98.8 cm³/mol. The maximum Gasteiger partial charge on any atom is 0.00515 e. The summed E-state index contributed by atoms with van der Waals surface area (Å²) in [7, 11) is 0. The Morgan fingerprint density at radius 2 is 1.82 bits per heavy atom. The third-order valence-corrected chi connectivity index (χ3v) is 5.95. The van der Waals surface area contributed by atoms with Gasteiger partial charge in [0.1, 0.15) is 0 Å². The molecule has 0 bridgehead atoms. The standard InChI is InChI=1S/C17H24.C5H8/c1-12-7-8-15-13(2)14(3)17(16(15)11-12)9-5-4-6-10-17;1-3-5-4-2/h7-8,11,15-16H,4-6,9-10H2,1-3H3;3-5H,1H2,2H3/b;5-4-. The molecule has 2 unspecified atom stereocenters. The summed E-state index contributed by atoms with van der Waals surface area (Å²) in [5.41, 5.74) is 5.39. The van der Waals surface area contributed by atoms with E-state index in [9.17, 15) is 0 Å². The van der Waals surface area contributed by atoms with Crippen LogP contribution in [0.3, 0.4) is 0 Å². The van der Waals surface area contributed by atoms with Crippen LogP contribution >= 0.6 is 0 Å². The van der Waals surface area contributed by atoms with Gasteiger partial charge in [0.15, 0.2) is 0 Å². The van der Waals surface area contributed by atoms with Gasteiger partial charge in [0.2, 0.25) is 0 Å². The molecule has 0 amide bonds. The second-order valence-corrected chi connectivity index (χ2v) is 7.11. The first-order chi connectivity index (χ1) is 10.6. The van der Waals surface area contributed by atoms with E-state index in [2.05, 4.69) is 45.6 Å². The Hall–Kier alpha value is -1.30. The van der Waals surface area contributed by atoms with E-state index >= 15 is 0 Å². The Labute approximate surface area is 137 Å². The van der Waals surface area contributed by atoms with Gasteiger partial charge in [-0.1, -0.05) is 79.0 Å². The van der Waals surface area contributed by atoms with E-state index in [4.69, 9.17) is 0 Å². The molecule has 0 N–H and O–H groups in total. The zero-order valence-electron chi connectivity index (χ0n) is 14.9. The zero-order chi connectivity index (χ0) is 16.2. The highest BCUT2D eigenvalue weighted by Gasteiger charge is 2.49. The van der Waals surface area contributed by atoms with Crippen molar-refractivity contribution in [1.29, 1.82) is 0 Å². The summed E-state index contributed by atoms with van der Waals surface area (Å²) in [4.78, 5) is 0. The zero-order valence-corrected chi connectivity index (χ0v) is 14.9. The Morgan fingerprint density at radius 1 is 1.14 bits per heavy atom. The molecule has 0 aromatic heterocycles. The third kappa shape index (κ3) is 3.07. The molecule has 1 spiro atoms. The van der Waals surface area contributed by atoms with Crippen LogP contribution < -0.4 is 0 Å². The van der Waals surface area contributed by atoms with Crippen LogP contribution in [0.5, 0.6) is 0 Å². The van der Waals surface area contributed by atoms with Gasteiger partial charge >= 0.3 is 0 Å². The van der Waals surface area contributed by atoms with Crippen molar-refractivity contribution in [3.8, 4) is 0 Å². The topological polar surface area (TPSA) is 0 Å².